The number of benzene rings is 1. The Morgan fingerprint density at radius 2 is 2.04 bits per heavy atom. The van der Waals surface area contributed by atoms with E-state index in [0.717, 1.165) is 0 Å². The van der Waals surface area contributed by atoms with E-state index in [2.05, 4.69) is 6.58 Å². The Morgan fingerprint density at radius 3 is 2.58 bits per heavy atom. The van der Waals surface area contributed by atoms with E-state index in [0.29, 0.717) is 30.0 Å². The molecule has 24 heavy (non-hydrogen) atoms. The number of hydrogen-bond donors (Lipinski definition) is 0. The highest BCUT2D eigenvalue weighted by Gasteiger charge is 2.32. The second-order valence-corrected chi connectivity index (χ2v) is 8.00. The lowest BCUT2D eigenvalue weighted by atomic mass is 10.1. The second-order valence-electron chi connectivity index (χ2n) is 5.77. The highest BCUT2D eigenvalue weighted by molar-refractivity contribution is 7.91. The number of sulfone groups is 1. The van der Waals surface area contributed by atoms with E-state index < -0.39 is 9.84 Å². The summed E-state index contributed by atoms with van der Waals surface area (Å²) in [5, 5.41) is 0. The third-order valence-corrected chi connectivity index (χ3v) is 5.89. The Kier molecular flexibility index (Phi) is 6.01. The summed E-state index contributed by atoms with van der Waals surface area (Å²) in [4.78, 5) is 14.5. The van der Waals surface area contributed by atoms with Crippen LogP contribution in [-0.4, -0.2) is 64.0 Å². The normalized spacial score (nSPS) is 19.2. The summed E-state index contributed by atoms with van der Waals surface area (Å²) >= 11 is 0. The topological polar surface area (TPSA) is 72.9 Å². The van der Waals surface area contributed by atoms with E-state index in [9.17, 15) is 13.2 Å². The van der Waals surface area contributed by atoms with Crippen LogP contribution in [0, 0.1) is 0 Å². The lowest BCUT2D eigenvalue weighted by molar-refractivity contribution is 0.0913. The van der Waals surface area contributed by atoms with Gasteiger partial charge in [0.25, 0.3) is 0 Å². The number of ether oxygens (including phenoxy) is 2. The van der Waals surface area contributed by atoms with Crippen LogP contribution >= 0.6 is 0 Å². The first-order chi connectivity index (χ1) is 11.4. The number of carbonyl (C=O) groups is 1. The van der Waals surface area contributed by atoms with Gasteiger partial charge in [0.1, 0.15) is 0 Å². The van der Waals surface area contributed by atoms with Crippen LogP contribution in [0.15, 0.2) is 30.9 Å². The maximum absolute atomic E-state index is 12.6. The van der Waals surface area contributed by atoms with Gasteiger partial charge in [0.15, 0.2) is 27.1 Å². The first kappa shape index (κ1) is 18.5. The molecular weight excluding hydrogens is 330 g/mol. The van der Waals surface area contributed by atoms with Gasteiger partial charge in [-0.25, -0.2) is 8.42 Å². The summed E-state index contributed by atoms with van der Waals surface area (Å²) in [6.45, 7) is 4.31. The molecule has 0 unspecified atom stereocenters. The van der Waals surface area contributed by atoms with Gasteiger partial charge in [-0.15, -0.1) is 6.58 Å². The van der Waals surface area contributed by atoms with Crippen molar-refractivity contribution in [3.8, 4) is 11.5 Å². The molecule has 1 saturated heterocycles. The predicted molar refractivity (Wildman–Crippen MR) is 92.7 cm³/mol. The van der Waals surface area contributed by atoms with E-state index >= 15 is 0 Å². The van der Waals surface area contributed by atoms with Crippen LogP contribution in [0.5, 0.6) is 11.5 Å². The Balaban J connectivity index is 2.14. The molecule has 0 radical (unpaired) electrons. The fourth-order valence-corrected chi connectivity index (χ4v) is 4.62. The SMILES string of the molecule is C=CCN(CC(=O)c1ccc(OC)c(OC)c1)[C@H]1CCS(=O)(=O)C1. The summed E-state index contributed by atoms with van der Waals surface area (Å²) in [5.74, 6) is 1.22. The van der Waals surface area contributed by atoms with Crippen molar-refractivity contribution in [2.75, 3.05) is 38.8 Å². The lowest BCUT2D eigenvalue weighted by Crippen LogP contribution is -2.40. The van der Waals surface area contributed by atoms with Crippen molar-refractivity contribution < 1.29 is 22.7 Å². The number of ketones is 1. The minimum Gasteiger partial charge on any atom is -0.493 e. The molecule has 6 nitrogen and oxygen atoms in total. The van der Waals surface area contributed by atoms with Crippen LogP contribution in [0.3, 0.4) is 0 Å². The zero-order valence-electron chi connectivity index (χ0n) is 14.0. The van der Waals surface area contributed by atoms with Crippen molar-refractivity contribution in [2.45, 2.75) is 12.5 Å². The molecule has 0 saturated carbocycles. The molecule has 1 aromatic carbocycles. The Morgan fingerprint density at radius 1 is 1.33 bits per heavy atom. The fourth-order valence-electron chi connectivity index (χ4n) is 2.86. The van der Waals surface area contributed by atoms with Crippen LogP contribution in [-0.2, 0) is 9.84 Å². The maximum atomic E-state index is 12.6. The van der Waals surface area contributed by atoms with Gasteiger partial charge in [0, 0.05) is 18.2 Å². The number of methoxy groups -OCH3 is 2. The van der Waals surface area contributed by atoms with Crippen molar-refractivity contribution in [3.63, 3.8) is 0 Å². The molecule has 1 aliphatic heterocycles. The average Bonchev–Trinajstić information content (AvgIpc) is 2.93. The van der Waals surface area contributed by atoms with Crippen molar-refractivity contribution in [1.82, 2.24) is 4.90 Å². The van der Waals surface area contributed by atoms with Gasteiger partial charge in [-0.3, -0.25) is 9.69 Å². The Hall–Kier alpha value is -1.86. The summed E-state index contributed by atoms with van der Waals surface area (Å²) in [5.41, 5.74) is 0.502. The van der Waals surface area contributed by atoms with E-state index in [1.165, 1.54) is 14.2 Å². The van der Waals surface area contributed by atoms with Crippen molar-refractivity contribution in [2.24, 2.45) is 0 Å². The molecule has 0 spiro atoms. The molecule has 1 atom stereocenters. The third kappa shape index (κ3) is 4.36. The minimum atomic E-state index is -3.00. The summed E-state index contributed by atoms with van der Waals surface area (Å²) in [6.07, 6.45) is 2.24. The number of Topliss-reactive ketones (excluding diaryl/α,β-unsaturated/α-hetero) is 1. The van der Waals surface area contributed by atoms with Crippen LogP contribution in [0.4, 0.5) is 0 Å². The summed E-state index contributed by atoms with van der Waals surface area (Å²) < 4.78 is 33.8. The molecule has 1 aliphatic rings. The minimum absolute atomic E-state index is 0.0953. The van der Waals surface area contributed by atoms with Crippen LogP contribution in [0.1, 0.15) is 16.8 Å². The molecule has 132 valence electrons. The summed E-state index contributed by atoms with van der Waals surface area (Å²) in [6, 6.07) is 4.86. The van der Waals surface area contributed by atoms with E-state index in [1.807, 2.05) is 4.90 Å². The molecule has 0 bridgehead atoms. The van der Waals surface area contributed by atoms with Gasteiger partial charge in [-0.2, -0.15) is 0 Å². The maximum Gasteiger partial charge on any atom is 0.176 e. The van der Waals surface area contributed by atoms with Gasteiger partial charge >= 0.3 is 0 Å². The number of nitrogens with zero attached hydrogens (tertiary/aromatic N) is 1. The molecule has 0 amide bonds. The second kappa shape index (κ2) is 7.81. The van der Waals surface area contributed by atoms with E-state index in [-0.39, 0.29) is 29.9 Å². The van der Waals surface area contributed by atoms with Crippen molar-refractivity contribution in [3.05, 3.63) is 36.4 Å². The molecule has 1 heterocycles. The third-order valence-electron chi connectivity index (χ3n) is 4.14. The summed E-state index contributed by atoms with van der Waals surface area (Å²) in [7, 11) is 0.0441. The van der Waals surface area contributed by atoms with Crippen LogP contribution in [0.25, 0.3) is 0 Å². The fraction of sp³-hybridized carbons (Fsp3) is 0.471. The van der Waals surface area contributed by atoms with Gasteiger partial charge in [-0.1, -0.05) is 6.08 Å². The first-order valence-electron chi connectivity index (χ1n) is 7.70. The molecule has 1 fully saturated rings. The molecule has 0 aromatic heterocycles. The lowest BCUT2D eigenvalue weighted by Gasteiger charge is -2.26. The Bertz CT molecular complexity index is 714. The standard InChI is InChI=1S/C17H23NO5S/c1-4-8-18(14-7-9-24(20,21)12-14)11-15(19)13-5-6-16(22-2)17(10-13)23-3/h4-6,10,14H,1,7-9,11-12H2,2-3H3/t14-/m0/s1. The quantitative estimate of drug-likeness (QED) is 0.522. The largest absolute Gasteiger partial charge is 0.493 e. The van der Waals surface area contributed by atoms with Gasteiger partial charge in [0.05, 0.1) is 32.3 Å². The highest BCUT2D eigenvalue weighted by Crippen LogP contribution is 2.28. The Labute approximate surface area is 143 Å². The zero-order valence-corrected chi connectivity index (χ0v) is 14.8. The molecular formula is C17H23NO5S. The average molecular weight is 353 g/mol. The number of carbonyl (C=O) groups excluding carboxylic acids is 1. The number of hydrogen-bond acceptors (Lipinski definition) is 6. The molecule has 2 rings (SSSR count). The first-order valence-corrected chi connectivity index (χ1v) is 9.53. The molecule has 7 heteroatoms. The predicted octanol–water partition coefficient (Wildman–Crippen LogP) is 1.56. The molecule has 0 N–H and O–H groups in total. The van der Waals surface area contributed by atoms with Gasteiger partial charge in [-0.05, 0) is 24.6 Å². The van der Waals surface area contributed by atoms with Crippen molar-refractivity contribution in [1.29, 1.82) is 0 Å². The van der Waals surface area contributed by atoms with E-state index in [1.54, 1.807) is 24.3 Å². The monoisotopic (exact) mass is 353 g/mol. The van der Waals surface area contributed by atoms with Crippen LogP contribution in [0.2, 0.25) is 0 Å². The smallest absolute Gasteiger partial charge is 0.176 e. The van der Waals surface area contributed by atoms with E-state index in [4.69, 9.17) is 9.47 Å². The van der Waals surface area contributed by atoms with Gasteiger partial charge < -0.3 is 9.47 Å². The van der Waals surface area contributed by atoms with Crippen LogP contribution < -0.4 is 9.47 Å². The van der Waals surface area contributed by atoms with Gasteiger partial charge in [0.2, 0.25) is 0 Å². The zero-order chi connectivity index (χ0) is 17.7. The molecule has 1 aromatic rings. The van der Waals surface area contributed by atoms with Crippen molar-refractivity contribution >= 4 is 15.6 Å². The number of rotatable bonds is 8. The molecule has 0 aliphatic carbocycles. The highest BCUT2D eigenvalue weighted by atomic mass is 32.2.